The van der Waals surface area contributed by atoms with E-state index in [1.54, 1.807) is 13.2 Å². The maximum absolute atomic E-state index is 12.2. The Morgan fingerprint density at radius 1 is 1.00 bits per heavy atom. The third kappa shape index (κ3) is 5.67. The molecule has 0 aliphatic carbocycles. The molecule has 3 rings (SSSR count). The number of nitrogens with one attached hydrogen (secondary N) is 2. The van der Waals surface area contributed by atoms with Crippen molar-refractivity contribution in [3.63, 3.8) is 0 Å². The molecule has 2 aromatic carbocycles. The number of amides is 2. The van der Waals surface area contributed by atoms with Crippen molar-refractivity contribution in [2.45, 2.75) is 4.90 Å². The number of hydrogen-bond acceptors (Lipinski definition) is 6. The molecule has 2 N–H and O–H groups in total. The van der Waals surface area contributed by atoms with Crippen LogP contribution in [0.15, 0.2) is 53.4 Å². The Morgan fingerprint density at radius 2 is 1.70 bits per heavy atom. The molecule has 0 atom stereocenters. The SMILES string of the molecule is COc1ccccc1N1CCN(CCNC(=O)C(=O)Nc2ccccc2SC)CC1. The molecule has 0 radical (unpaired) electrons. The van der Waals surface area contributed by atoms with Gasteiger partial charge >= 0.3 is 11.8 Å². The zero-order valence-corrected chi connectivity index (χ0v) is 18.2. The number of hydrogen-bond donors (Lipinski definition) is 2. The number of anilines is 2. The quantitative estimate of drug-likeness (QED) is 0.521. The van der Waals surface area contributed by atoms with Gasteiger partial charge in [-0.15, -0.1) is 11.8 Å². The highest BCUT2D eigenvalue weighted by Crippen LogP contribution is 2.28. The van der Waals surface area contributed by atoms with Crippen LogP contribution < -0.4 is 20.3 Å². The second-order valence-corrected chi connectivity index (χ2v) is 7.76. The summed E-state index contributed by atoms with van der Waals surface area (Å²) in [5, 5.41) is 5.40. The lowest BCUT2D eigenvalue weighted by molar-refractivity contribution is -0.136. The number of benzene rings is 2. The molecule has 1 aliphatic heterocycles. The van der Waals surface area contributed by atoms with Crippen molar-refractivity contribution in [3.8, 4) is 5.75 Å². The lowest BCUT2D eigenvalue weighted by Gasteiger charge is -2.36. The van der Waals surface area contributed by atoms with E-state index in [-0.39, 0.29) is 0 Å². The zero-order chi connectivity index (χ0) is 21.3. The van der Waals surface area contributed by atoms with E-state index in [1.807, 2.05) is 42.7 Å². The molecule has 7 nitrogen and oxygen atoms in total. The van der Waals surface area contributed by atoms with Crippen LogP contribution in [0.2, 0.25) is 0 Å². The molecular weight excluding hydrogens is 400 g/mol. The van der Waals surface area contributed by atoms with Crippen LogP contribution in [0.3, 0.4) is 0 Å². The minimum Gasteiger partial charge on any atom is -0.495 e. The molecule has 0 spiro atoms. The fraction of sp³-hybridized carbons (Fsp3) is 0.364. The van der Waals surface area contributed by atoms with Crippen LogP contribution in [0.1, 0.15) is 0 Å². The van der Waals surface area contributed by atoms with Gasteiger partial charge in [-0.3, -0.25) is 14.5 Å². The third-order valence-corrected chi connectivity index (χ3v) is 5.87. The second-order valence-electron chi connectivity index (χ2n) is 6.91. The summed E-state index contributed by atoms with van der Waals surface area (Å²) in [5.74, 6) is -0.372. The summed E-state index contributed by atoms with van der Waals surface area (Å²) in [6.07, 6.45) is 1.93. The maximum atomic E-state index is 12.2. The molecule has 2 aromatic rings. The largest absolute Gasteiger partial charge is 0.495 e. The fourth-order valence-corrected chi connectivity index (χ4v) is 3.99. The van der Waals surface area contributed by atoms with Crippen LogP contribution in [-0.4, -0.2) is 69.3 Å². The fourth-order valence-electron chi connectivity index (χ4n) is 3.44. The highest BCUT2D eigenvalue weighted by molar-refractivity contribution is 7.98. The predicted molar refractivity (Wildman–Crippen MR) is 122 cm³/mol. The Hall–Kier alpha value is -2.71. The van der Waals surface area contributed by atoms with Crippen molar-refractivity contribution in [1.29, 1.82) is 0 Å². The van der Waals surface area contributed by atoms with E-state index >= 15 is 0 Å². The van der Waals surface area contributed by atoms with Crippen LogP contribution in [0.5, 0.6) is 5.75 Å². The lowest BCUT2D eigenvalue weighted by atomic mass is 10.2. The Bertz CT molecular complexity index is 869. The van der Waals surface area contributed by atoms with Crippen LogP contribution >= 0.6 is 11.8 Å². The monoisotopic (exact) mass is 428 g/mol. The number of methoxy groups -OCH3 is 1. The topological polar surface area (TPSA) is 73.9 Å². The van der Waals surface area contributed by atoms with Crippen LogP contribution in [-0.2, 0) is 9.59 Å². The van der Waals surface area contributed by atoms with Gasteiger partial charge in [0.1, 0.15) is 5.75 Å². The Balaban J connectivity index is 1.40. The maximum Gasteiger partial charge on any atom is 0.313 e. The highest BCUT2D eigenvalue weighted by Gasteiger charge is 2.20. The number of carbonyl (C=O) groups is 2. The molecule has 2 amide bonds. The van der Waals surface area contributed by atoms with Gasteiger partial charge in [0, 0.05) is 44.2 Å². The lowest BCUT2D eigenvalue weighted by Crippen LogP contribution is -2.49. The van der Waals surface area contributed by atoms with Crippen molar-refractivity contribution >= 4 is 35.0 Å². The molecule has 0 unspecified atom stereocenters. The third-order valence-electron chi connectivity index (χ3n) is 5.07. The number of nitrogens with zero attached hydrogens (tertiary/aromatic N) is 2. The summed E-state index contributed by atoms with van der Waals surface area (Å²) in [5.41, 5.74) is 1.76. The molecule has 0 saturated carbocycles. The van der Waals surface area contributed by atoms with E-state index in [0.717, 1.165) is 42.5 Å². The highest BCUT2D eigenvalue weighted by atomic mass is 32.2. The molecule has 160 valence electrons. The number of rotatable bonds is 7. The van der Waals surface area contributed by atoms with Crippen molar-refractivity contribution in [2.24, 2.45) is 0 Å². The zero-order valence-electron chi connectivity index (χ0n) is 17.4. The summed E-state index contributed by atoms with van der Waals surface area (Å²) in [6.45, 7) is 4.70. The van der Waals surface area contributed by atoms with Gasteiger partial charge in [0.2, 0.25) is 0 Å². The van der Waals surface area contributed by atoms with Crippen molar-refractivity contribution < 1.29 is 14.3 Å². The molecule has 0 bridgehead atoms. The van der Waals surface area contributed by atoms with E-state index in [0.29, 0.717) is 18.8 Å². The van der Waals surface area contributed by atoms with Gasteiger partial charge < -0.3 is 20.3 Å². The first-order valence-corrected chi connectivity index (χ1v) is 11.2. The van der Waals surface area contributed by atoms with Crippen molar-refractivity contribution in [1.82, 2.24) is 10.2 Å². The van der Waals surface area contributed by atoms with Crippen molar-refractivity contribution in [3.05, 3.63) is 48.5 Å². The van der Waals surface area contributed by atoms with Gasteiger partial charge in [0.15, 0.2) is 0 Å². The minimum atomic E-state index is -0.641. The number of piperazine rings is 1. The van der Waals surface area contributed by atoms with Gasteiger partial charge in [-0.1, -0.05) is 24.3 Å². The summed E-state index contributed by atoms with van der Waals surface area (Å²) in [6, 6.07) is 15.5. The molecule has 30 heavy (non-hydrogen) atoms. The second kappa shape index (κ2) is 10.9. The number of carbonyl (C=O) groups excluding carboxylic acids is 2. The minimum absolute atomic E-state index is 0.436. The van der Waals surface area contributed by atoms with E-state index < -0.39 is 11.8 Å². The smallest absolute Gasteiger partial charge is 0.313 e. The van der Waals surface area contributed by atoms with Crippen molar-refractivity contribution in [2.75, 3.05) is 62.9 Å². The average molecular weight is 429 g/mol. The standard InChI is InChI=1S/C22H28N4O3S/c1-29-19-9-5-4-8-18(19)26-15-13-25(14-16-26)12-11-23-21(27)22(28)24-17-7-3-6-10-20(17)30-2/h3-10H,11-16H2,1-2H3,(H,23,27)(H,24,28). The van der Waals surface area contributed by atoms with Gasteiger partial charge in [-0.25, -0.2) is 0 Å². The van der Waals surface area contributed by atoms with Crippen LogP contribution in [0.4, 0.5) is 11.4 Å². The summed E-state index contributed by atoms with van der Waals surface area (Å²) >= 11 is 1.52. The number of para-hydroxylation sites is 3. The normalized spacial score (nSPS) is 14.3. The Morgan fingerprint density at radius 3 is 2.43 bits per heavy atom. The summed E-state index contributed by atoms with van der Waals surface area (Å²) in [7, 11) is 1.69. The molecular formula is C22H28N4O3S. The van der Waals surface area contributed by atoms with E-state index in [9.17, 15) is 9.59 Å². The number of ether oxygens (including phenoxy) is 1. The van der Waals surface area contributed by atoms with Gasteiger partial charge in [0.05, 0.1) is 18.5 Å². The average Bonchev–Trinajstić information content (AvgIpc) is 2.79. The van der Waals surface area contributed by atoms with E-state index in [2.05, 4.69) is 26.5 Å². The van der Waals surface area contributed by atoms with Gasteiger partial charge in [-0.2, -0.15) is 0 Å². The Kier molecular flexibility index (Phi) is 7.98. The molecule has 0 aromatic heterocycles. The molecule has 1 fully saturated rings. The number of thioether (sulfide) groups is 1. The first kappa shape index (κ1) is 22.0. The Labute approximate surface area is 181 Å². The van der Waals surface area contributed by atoms with Gasteiger partial charge in [-0.05, 0) is 30.5 Å². The summed E-state index contributed by atoms with van der Waals surface area (Å²) in [4.78, 5) is 29.8. The molecule has 8 heteroatoms. The van der Waals surface area contributed by atoms with Crippen LogP contribution in [0.25, 0.3) is 0 Å². The summed E-state index contributed by atoms with van der Waals surface area (Å²) < 4.78 is 5.45. The van der Waals surface area contributed by atoms with E-state index in [4.69, 9.17) is 4.74 Å². The predicted octanol–water partition coefficient (Wildman–Crippen LogP) is 2.29. The van der Waals surface area contributed by atoms with Gasteiger partial charge in [0.25, 0.3) is 0 Å². The van der Waals surface area contributed by atoms with E-state index in [1.165, 1.54) is 11.8 Å². The molecule has 1 heterocycles. The molecule has 1 saturated heterocycles. The first-order valence-electron chi connectivity index (χ1n) is 9.95. The first-order chi connectivity index (χ1) is 14.6. The van der Waals surface area contributed by atoms with Crippen LogP contribution in [0, 0.1) is 0 Å². The molecule has 1 aliphatic rings.